The van der Waals surface area contributed by atoms with Crippen molar-refractivity contribution in [3.05, 3.63) is 96.9 Å². The van der Waals surface area contributed by atoms with Gasteiger partial charge in [0.1, 0.15) is 22.3 Å². The van der Waals surface area contributed by atoms with Crippen LogP contribution in [0, 0.1) is 5.82 Å². The Morgan fingerprint density at radius 3 is 2.34 bits per heavy atom. The molecule has 190 valence electrons. The largest absolute Gasteiger partial charge is 0.445 e. The second-order valence-corrected chi connectivity index (χ2v) is 9.82. The number of alkyl halides is 3. The molecular weight excluding hydrogens is 486 g/mol. The smallest absolute Gasteiger partial charge is 0.415 e. The lowest BCUT2D eigenvalue weighted by atomic mass is 9.94. The van der Waals surface area contributed by atoms with Gasteiger partial charge >= 0.3 is 12.3 Å². The molecular formula is C24H27F4N3O3S. The van der Waals surface area contributed by atoms with Gasteiger partial charge in [-0.2, -0.15) is 13.2 Å². The Bertz CT molecular complexity index is 1150. The van der Waals surface area contributed by atoms with E-state index in [1.54, 1.807) is 30.3 Å². The normalized spacial score (nSPS) is 15.7. The zero-order chi connectivity index (χ0) is 26.1. The maximum Gasteiger partial charge on any atom is 0.415 e. The van der Waals surface area contributed by atoms with Crippen molar-refractivity contribution in [1.29, 1.82) is 0 Å². The first kappa shape index (κ1) is 28.1. The molecule has 0 saturated heterocycles. The number of nitrogens with one attached hydrogen (secondary N) is 2. The van der Waals surface area contributed by atoms with Crippen LogP contribution < -0.4 is 10.0 Å². The van der Waals surface area contributed by atoms with Crippen molar-refractivity contribution in [3.63, 3.8) is 0 Å². The summed E-state index contributed by atoms with van der Waals surface area (Å²) >= 11 is 0. The number of rotatable bonds is 11. The van der Waals surface area contributed by atoms with Crippen molar-refractivity contribution in [1.82, 2.24) is 10.0 Å². The summed E-state index contributed by atoms with van der Waals surface area (Å²) in [6.45, 7) is 7.65. The fourth-order valence-corrected chi connectivity index (χ4v) is 5.41. The van der Waals surface area contributed by atoms with E-state index in [9.17, 15) is 26.6 Å². The third-order valence-electron chi connectivity index (χ3n) is 4.84. The number of carbonyl (C=O) groups is 1. The molecule has 0 aromatic heterocycles. The van der Waals surface area contributed by atoms with Crippen molar-refractivity contribution in [2.24, 2.45) is 4.36 Å². The van der Waals surface area contributed by atoms with E-state index < -0.39 is 45.3 Å². The van der Waals surface area contributed by atoms with Gasteiger partial charge in [-0.05, 0) is 18.6 Å². The molecule has 11 heteroatoms. The Kier molecular flexibility index (Phi) is 9.61. The maximum absolute atomic E-state index is 14.8. The lowest BCUT2D eigenvalue weighted by molar-refractivity contribution is -0.135. The Labute approximate surface area is 202 Å². The topological polar surface area (TPSA) is 79.8 Å². The van der Waals surface area contributed by atoms with Crippen LogP contribution in [0.4, 0.5) is 22.4 Å². The van der Waals surface area contributed by atoms with Crippen LogP contribution in [0.25, 0.3) is 0 Å². The summed E-state index contributed by atoms with van der Waals surface area (Å²) in [6, 6.07) is 11.6. The number of benzene rings is 2. The van der Waals surface area contributed by atoms with Gasteiger partial charge in [0.05, 0.1) is 11.3 Å². The highest BCUT2D eigenvalue weighted by molar-refractivity contribution is 7.91. The molecule has 0 aliphatic carbocycles. The van der Waals surface area contributed by atoms with Gasteiger partial charge in [0, 0.05) is 12.1 Å². The van der Waals surface area contributed by atoms with Gasteiger partial charge in [-0.1, -0.05) is 60.7 Å². The molecule has 2 aromatic carbocycles. The molecule has 0 aliphatic rings. The van der Waals surface area contributed by atoms with Crippen LogP contribution in [0.5, 0.6) is 0 Å². The number of hydrogen-bond acceptors (Lipinski definition) is 4. The number of halogens is 4. The lowest BCUT2D eigenvalue weighted by Crippen LogP contribution is -2.51. The predicted molar refractivity (Wildman–Crippen MR) is 127 cm³/mol. The summed E-state index contributed by atoms with van der Waals surface area (Å²) in [7, 11) is -3.91. The first-order valence-electron chi connectivity index (χ1n) is 10.4. The minimum atomic E-state index is -4.85. The molecule has 0 saturated carbocycles. The summed E-state index contributed by atoms with van der Waals surface area (Å²) in [5, 5.41) is 2.47. The minimum Gasteiger partial charge on any atom is -0.445 e. The quantitative estimate of drug-likeness (QED) is 0.319. The van der Waals surface area contributed by atoms with E-state index >= 15 is 0 Å². The van der Waals surface area contributed by atoms with Gasteiger partial charge < -0.3 is 10.1 Å². The standard InChI is InChI=1S/C24H27F4N3O3S/c1-4-15-29-35(33,31-21(5-2)24(26,27)28)17-23(3,19-13-9-10-14-20(19)25)30-22(32)34-16-18-11-7-6-8-12-18/h4-14,21H,1-2,15-17H2,3H3,(H,30,32)(H,29,31,33)/t21-,23-,35?/m0/s1. The molecule has 6 nitrogen and oxygen atoms in total. The number of alkyl carbamates (subject to hydrolysis) is 1. The Morgan fingerprint density at radius 2 is 1.77 bits per heavy atom. The van der Waals surface area contributed by atoms with E-state index in [0.29, 0.717) is 11.6 Å². The molecule has 3 atom stereocenters. The Hall–Kier alpha value is -3.18. The summed E-state index contributed by atoms with van der Waals surface area (Å²) < 4.78 is 79.7. The van der Waals surface area contributed by atoms with Gasteiger partial charge in [-0.3, -0.25) is 0 Å². The van der Waals surface area contributed by atoms with Crippen molar-refractivity contribution in [3.8, 4) is 0 Å². The lowest BCUT2D eigenvalue weighted by Gasteiger charge is -2.33. The van der Waals surface area contributed by atoms with Gasteiger partial charge in [-0.15, -0.1) is 13.2 Å². The summed E-state index contributed by atoms with van der Waals surface area (Å²) in [5.74, 6) is -1.48. The van der Waals surface area contributed by atoms with Crippen LogP contribution in [0.15, 0.2) is 84.3 Å². The average molecular weight is 514 g/mol. The molecule has 35 heavy (non-hydrogen) atoms. The third-order valence-corrected chi connectivity index (χ3v) is 6.99. The Morgan fingerprint density at radius 1 is 1.14 bits per heavy atom. The highest BCUT2D eigenvalue weighted by Crippen LogP contribution is 2.29. The zero-order valence-corrected chi connectivity index (χ0v) is 19.9. The number of amides is 1. The van der Waals surface area contributed by atoms with E-state index in [4.69, 9.17) is 4.74 Å². The highest BCUT2D eigenvalue weighted by Gasteiger charge is 2.41. The van der Waals surface area contributed by atoms with Crippen molar-refractivity contribution < 1.29 is 31.3 Å². The van der Waals surface area contributed by atoms with Crippen LogP contribution in [-0.4, -0.2) is 34.8 Å². The monoisotopic (exact) mass is 513 g/mol. The highest BCUT2D eigenvalue weighted by atomic mass is 32.2. The second kappa shape index (κ2) is 12.0. The summed E-state index contributed by atoms with van der Waals surface area (Å²) in [6.07, 6.45) is -4.04. The third kappa shape index (κ3) is 8.22. The zero-order valence-electron chi connectivity index (χ0n) is 19.1. The van der Waals surface area contributed by atoms with Crippen LogP contribution in [0.2, 0.25) is 0 Å². The molecule has 0 spiro atoms. The summed E-state index contributed by atoms with van der Waals surface area (Å²) in [4.78, 5) is 12.6. The first-order chi connectivity index (χ1) is 16.4. The fourth-order valence-electron chi connectivity index (χ4n) is 3.20. The molecule has 0 fully saturated rings. The van der Waals surface area contributed by atoms with Gasteiger partial charge in [0.25, 0.3) is 0 Å². The number of hydrogen-bond donors (Lipinski definition) is 2. The second-order valence-electron chi connectivity index (χ2n) is 7.75. The van der Waals surface area contributed by atoms with E-state index in [1.165, 1.54) is 31.2 Å². The molecule has 1 unspecified atom stereocenters. The van der Waals surface area contributed by atoms with Gasteiger partial charge in [0.2, 0.25) is 0 Å². The number of carbonyl (C=O) groups excluding carboxylic acids is 1. The van der Waals surface area contributed by atoms with Crippen molar-refractivity contribution in [2.45, 2.75) is 31.3 Å². The summed E-state index contributed by atoms with van der Waals surface area (Å²) in [5.41, 5.74) is -1.20. The number of ether oxygens (including phenoxy) is 1. The van der Waals surface area contributed by atoms with Crippen LogP contribution in [0.1, 0.15) is 18.1 Å². The molecule has 2 aromatic rings. The van der Waals surface area contributed by atoms with E-state index in [2.05, 4.69) is 27.6 Å². The van der Waals surface area contributed by atoms with Crippen molar-refractivity contribution >= 4 is 16.0 Å². The van der Waals surface area contributed by atoms with Crippen molar-refractivity contribution in [2.75, 3.05) is 12.3 Å². The minimum absolute atomic E-state index is 0.109. The van der Waals surface area contributed by atoms with Crippen LogP contribution in [0.3, 0.4) is 0 Å². The molecule has 0 aliphatic heterocycles. The Balaban J connectivity index is 2.47. The van der Waals surface area contributed by atoms with Crippen LogP contribution >= 0.6 is 0 Å². The SMILES string of the molecule is C=CCNS(=O)(C[C@](C)(NC(=O)OCc1ccccc1)c1ccccc1F)=N[C@@H](C=C)C(F)(F)F. The van der Waals surface area contributed by atoms with Gasteiger partial charge in [0.15, 0.2) is 6.04 Å². The fraction of sp³-hybridized carbons (Fsp3) is 0.292. The van der Waals surface area contributed by atoms with E-state index in [1.807, 2.05) is 0 Å². The maximum atomic E-state index is 14.8. The molecule has 2 rings (SSSR count). The van der Waals surface area contributed by atoms with Crippen LogP contribution in [-0.2, 0) is 26.8 Å². The van der Waals surface area contributed by atoms with Gasteiger partial charge in [-0.25, -0.2) is 22.5 Å². The number of nitrogens with zero attached hydrogens (tertiary/aromatic N) is 1. The molecule has 1 amide bonds. The van der Waals surface area contributed by atoms with E-state index in [-0.39, 0.29) is 18.7 Å². The molecule has 0 bridgehead atoms. The predicted octanol–water partition coefficient (Wildman–Crippen LogP) is 5.24. The first-order valence-corrected chi connectivity index (χ1v) is 12.1. The average Bonchev–Trinajstić information content (AvgIpc) is 2.80. The molecule has 0 radical (unpaired) electrons. The molecule has 0 heterocycles. The van der Waals surface area contributed by atoms with E-state index in [0.717, 1.165) is 6.07 Å². The molecule has 2 N–H and O–H groups in total.